The van der Waals surface area contributed by atoms with Gasteiger partial charge in [-0.1, -0.05) is 0 Å². The van der Waals surface area contributed by atoms with Crippen molar-refractivity contribution >= 4 is 27.3 Å². The second kappa shape index (κ2) is 6.64. The van der Waals surface area contributed by atoms with Crippen LogP contribution in [-0.4, -0.2) is 58.0 Å². The molecule has 1 fully saturated rings. The van der Waals surface area contributed by atoms with Crippen molar-refractivity contribution < 1.29 is 17.9 Å². The first-order chi connectivity index (χ1) is 9.57. The van der Waals surface area contributed by atoms with Crippen LogP contribution < -0.4 is 11.1 Å². The van der Waals surface area contributed by atoms with Gasteiger partial charge in [-0.25, -0.2) is 8.42 Å². The lowest BCUT2D eigenvalue weighted by Gasteiger charge is -2.26. The minimum atomic E-state index is -3.65. The van der Waals surface area contributed by atoms with Crippen LogP contribution in [-0.2, 0) is 14.8 Å². The molecule has 2 heterocycles. The van der Waals surface area contributed by atoms with Gasteiger partial charge in [-0.05, 0) is 11.4 Å². The van der Waals surface area contributed by atoms with Gasteiger partial charge >= 0.3 is 0 Å². The van der Waals surface area contributed by atoms with Crippen molar-refractivity contribution in [3.63, 3.8) is 0 Å². The summed E-state index contributed by atoms with van der Waals surface area (Å²) in [5.41, 5.74) is 5.32. The molecule has 1 aliphatic rings. The number of hydrogen-bond donors (Lipinski definition) is 2. The largest absolute Gasteiger partial charge is 0.379 e. The first-order valence-electron chi connectivity index (χ1n) is 6.21. The molecule has 7 nitrogen and oxygen atoms in total. The van der Waals surface area contributed by atoms with Crippen molar-refractivity contribution in [1.82, 2.24) is 9.62 Å². The number of ether oxygens (including phenoxy) is 1. The molecule has 9 heteroatoms. The maximum atomic E-state index is 12.5. The van der Waals surface area contributed by atoms with E-state index in [1.807, 2.05) is 0 Å². The molecule has 112 valence electrons. The molecule has 0 bridgehead atoms. The Labute approximate surface area is 121 Å². The first kappa shape index (κ1) is 15.4. The van der Waals surface area contributed by atoms with E-state index in [4.69, 9.17) is 10.5 Å². The molecule has 0 atom stereocenters. The topological polar surface area (TPSA) is 102 Å². The third-order valence-corrected chi connectivity index (χ3v) is 5.84. The standard InChI is InChI=1S/C11H17N3O4S2/c12-2-3-13-11(15)10-9(1-8-19-10)20(16,17)14-4-6-18-7-5-14/h1,8H,2-7,12H2,(H,13,15). The Morgan fingerprint density at radius 2 is 2.15 bits per heavy atom. The molecule has 1 aliphatic heterocycles. The summed E-state index contributed by atoms with van der Waals surface area (Å²) in [6.07, 6.45) is 0. The number of morpholine rings is 1. The predicted molar refractivity (Wildman–Crippen MR) is 75.3 cm³/mol. The molecule has 20 heavy (non-hydrogen) atoms. The number of nitrogens with zero attached hydrogens (tertiary/aromatic N) is 1. The summed E-state index contributed by atoms with van der Waals surface area (Å²) in [4.78, 5) is 12.2. The summed E-state index contributed by atoms with van der Waals surface area (Å²) < 4.78 is 31.5. The van der Waals surface area contributed by atoms with E-state index in [1.54, 1.807) is 5.38 Å². The van der Waals surface area contributed by atoms with Crippen LogP contribution in [0.1, 0.15) is 9.67 Å². The van der Waals surface area contributed by atoms with Gasteiger partial charge in [0.2, 0.25) is 10.0 Å². The highest BCUT2D eigenvalue weighted by Gasteiger charge is 2.31. The SMILES string of the molecule is NCCNC(=O)c1sccc1S(=O)(=O)N1CCOCC1. The van der Waals surface area contributed by atoms with Crippen molar-refractivity contribution in [2.75, 3.05) is 39.4 Å². The van der Waals surface area contributed by atoms with Crippen LogP contribution in [0.2, 0.25) is 0 Å². The van der Waals surface area contributed by atoms with Gasteiger partial charge < -0.3 is 15.8 Å². The molecule has 0 aliphatic carbocycles. The number of hydrogen-bond acceptors (Lipinski definition) is 6. The number of amides is 1. The monoisotopic (exact) mass is 319 g/mol. The molecule has 3 N–H and O–H groups in total. The van der Waals surface area contributed by atoms with Crippen LogP contribution in [0.25, 0.3) is 0 Å². The Bertz CT molecular complexity index is 564. The van der Waals surface area contributed by atoms with E-state index < -0.39 is 15.9 Å². The third-order valence-electron chi connectivity index (χ3n) is 2.85. The average Bonchev–Trinajstić information content (AvgIpc) is 2.96. The number of nitrogens with one attached hydrogen (secondary N) is 1. The van der Waals surface area contributed by atoms with Crippen LogP contribution in [0.5, 0.6) is 0 Å². The molecule has 0 radical (unpaired) electrons. The summed E-state index contributed by atoms with van der Waals surface area (Å²) in [6, 6.07) is 1.47. The van der Waals surface area contributed by atoms with Gasteiger partial charge in [0.15, 0.2) is 0 Å². The lowest BCUT2D eigenvalue weighted by Crippen LogP contribution is -2.41. The predicted octanol–water partition coefficient (Wildman–Crippen LogP) is -0.543. The second-order valence-electron chi connectivity index (χ2n) is 4.18. The maximum absolute atomic E-state index is 12.5. The quantitative estimate of drug-likeness (QED) is 0.759. The van der Waals surface area contributed by atoms with E-state index in [2.05, 4.69) is 5.32 Å². The van der Waals surface area contributed by atoms with Crippen LogP contribution in [0.15, 0.2) is 16.3 Å². The van der Waals surface area contributed by atoms with E-state index in [-0.39, 0.29) is 9.77 Å². The molecule has 1 amide bonds. The van der Waals surface area contributed by atoms with Crippen LogP contribution >= 0.6 is 11.3 Å². The molecule has 2 rings (SSSR count). The van der Waals surface area contributed by atoms with Crippen molar-refractivity contribution in [3.8, 4) is 0 Å². The molecular weight excluding hydrogens is 302 g/mol. The van der Waals surface area contributed by atoms with E-state index in [9.17, 15) is 13.2 Å². The zero-order valence-corrected chi connectivity index (χ0v) is 12.5. The Morgan fingerprint density at radius 3 is 2.80 bits per heavy atom. The van der Waals surface area contributed by atoms with Gasteiger partial charge in [0.25, 0.3) is 5.91 Å². The minimum absolute atomic E-state index is 0.0546. The van der Waals surface area contributed by atoms with E-state index in [1.165, 1.54) is 10.4 Å². The smallest absolute Gasteiger partial charge is 0.262 e. The summed E-state index contributed by atoms with van der Waals surface area (Å²) in [5.74, 6) is -0.405. The molecule has 0 unspecified atom stereocenters. The van der Waals surface area contributed by atoms with Gasteiger partial charge in [-0.3, -0.25) is 4.79 Å². The number of rotatable bonds is 5. The van der Waals surface area contributed by atoms with Crippen LogP contribution in [0.3, 0.4) is 0 Å². The van der Waals surface area contributed by atoms with Crippen molar-refractivity contribution in [1.29, 1.82) is 0 Å². The molecule has 1 aromatic rings. The zero-order chi connectivity index (χ0) is 14.6. The molecule has 1 aromatic heterocycles. The summed E-state index contributed by atoms with van der Waals surface area (Å²) in [7, 11) is -3.65. The first-order valence-corrected chi connectivity index (χ1v) is 8.53. The lowest BCUT2D eigenvalue weighted by atomic mass is 10.4. The van der Waals surface area contributed by atoms with Gasteiger partial charge in [-0.15, -0.1) is 11.3 Å². The fourth-order valence-electron chi connectivity index (χ4n) is 1.86. The van der Waals surface area contributed by atoms with E-state index in [0.29, 0.717) is 39.4 Å². The maximum Gasteiger partial charge on any atom is 0.262 e. The summed E-state index contributed by atoms with van der Waals surface area (Å²) in [5, 5.41) is 4.19. The Balaban J connectivity index is 2.24. The van der Waals surface area contributed by atoms with Gasteiger partial charge in [-0.2, -0.15) is 4.31 Å². The molecule has 0 saturated carbocycles. The lowest BCUT2D eigenvalue weighted by molar-refractivity contribution is 0.0730. The van der Waals surface area contributed by atoms with E-state index in [0.717, 1.165) is 11.3 Å². The van der Waals surface area contributed by atoms with Gasteiger partial charge in [0.1, 0.15) is 9.77 Å². The third kappa shape index (κ3) is 3.18. The Kier molecular flexibility index (Phi) is 5.11. The Morgan fingerprint density at radius 1 is 1.45 bits per heavy atom. The van der Waals surface area contributed by atoms with Crippen molar-refractivity contribution in [2.24, 2.45) is 5.73 Å². The highest BCUT2D eigenvalue weighted by atomic mass is 32.2. The van der Waals surface area contributed by atoms with Crippen molar-refractivity contribution in [3.05, 3.63) is 16.3 Å². The average molecular weight is 319 g/mol. The highest BCUT2D eigenvalue weighted by Crippen LogP contribution is 2.25. The molecule has 1 saturated heterocycles. The number of thiophene rings is 1. The fraction of sp³-hybridized carbons (Fsp3) is 0.545. The van der Waals surface area contributed by atoms with Crippen LogP contribution in [0.4, 0.5) is 0 Å². The molecule has 0 aromatic carbocycles. The minimum Gasteiger partial charge on any atom is -0.379 e. The van der Waals surface area contributed by atoms with Crippen LogP contribution in [0, 0.1) is 0 Å². The summed E-state index contributed by atoms with van der Waals surface area (Å²) >= 11 is 1.11. The highest BCUT2D eigenvalue weighted by molar-refractivity contribution is 7.89. The van der Waals surface area contributed by atoms with Gasteiger partial charge in [0, 0.05) is 26.2 Å². The number of nitrogens with two attached hydrogens (primary N) is 1. The fourth-order valence-corrected chi connectivity index (χ4v) is 4.58. The number of carbonyl (C=O) groups excluding carboxylic acids is 1. The number of carbonyl (C=O) groups is 1. The van der Waals surface area contributed by atoms with Crippen molar-refractivity contribution in [2.45, 2.75) is 4.90 Å². The Hall–Kier alpha value is -1.00. The van der Waals surface area contributed by atoms with Gasteiger partial charge in [0.05, 0.1) is 13.2 Å². The zero-order valence-electron chi connectivity index (χ0n) is 10.9. The molecular formula is C11H17N3O4S2. The normalized spacial score (nSPS) is 17.1. The summed E-state index contributed by atoms with van der Waals surface area (Å²) in [6.45, 7) is 1.98. The van der Waals surface area contributed by atoms with E-state index >= 15 is 0 Å². The second-order valence-corrected chi connectivity index (χ2v) is 7.00. The molecule has 0 spiro atoms. The number of sulfonamides is 1.